The lowest BCUT2D eigenvalue weighted by molar-refractivity contribution is 0.0982. The van der Waals surface area contributed by atoms with Gasteiger partial charge in [0.2, 0.25) is 0 Å². The van der Waals surface area contributed by atoms with Crippen LogP contribution in [0.2, 0.25) is 0 Å². The predicted molar refractivity (Wildman–Crippen MR) is 63.1 cm³/mol. The van der Waals surface area contributed by atoms with E-state index in [1.807, 2.05) is 45.2 Å². The van der Waals surface area contributed by atoms with Crippen molar-refractivity contribution >= 4 is 51.1 Å². The highest BCUT2D eigenvalue weighted by atomic mass is 127. The van der Waals surface area contributed by atoms with E-state index in [9.17, 15) is 13.6 Å². The van der Waals surface area contributed by atoms with Crippen molar-refractivity contribution < 1.29 is 13.6 Å². The van der Waals surface area contributed by atoms with Crippen molar-refractivity contribution in [3.63, 3.8) is 0 Å². The van der Waals surface area contributed by atoms with Gasteiger partial charge in [0.25, 0.3) is 12.3 Å². The van der Waals surface area contributed by atoms with Crippen LogP contribution in [-0.4, -0.2) is 10.9 Å². The lowest BCUT2D eigenvalue weighted by atomic mass is 10.2. The van der Waals surface area contributed by atoms with Crippen molar-refractivity contribution in [3.05, 3.63) is 24.6 Å². The number of aromatic nitrogens is 1. The van der Waals surface area contributed by atoms with Crippen molar-refractivity contribution in [1.29, 1.82) is 0 Å². The molecule has 0 aromatic carbocycles. The van der Waals surface area contributed by atoms with Crippen LogP contribution < -0.4 is 5.73 Å². The van der Waals surface area contributed by atoms with Crippen LogP contribution in [0.1, 0.15) is 22.5 Å². The van der Waals surface area contributed by atoms with Gasteiger partial charge < -0.3 is 5.73 Å². The maximum absolute atomic E-state index is 12.4. The molecule has 2 N–H and O–H groups in total. The van der Waals surface area contributed by atoms with Gasteiger partial charge in [-0.1, -0.05) is 0 Å². The number of hydrogen-bond donors (Lipinski definition) is 1. The highest BCUT2D eigenvalue weighted by Crippen LogP contribution is 2.24. The first-order chi connectivity index (χ1) is 6.43. The average Bonchev–Trinajstić information content (AvgIpc) is 2.08. The summed E-state index contributed by atoms with van der Waals surface area (Å²) in [4.78, 5) is 14.5. The van der Waals surface area contributed by atoms with Crippen molar-refractivity contribution in [3.8, 4) is 0 Å². The summed E-state index contributed by atoms with van der Waals surface area (Å²) in [6.45, 7) is 0. The molecule has 1 aromatic rings. The molecule has 0 unspecified atom stereocenters. The number of primary amides is 1. The lowest BCUT2D eigenvalue weighted by Crippen LogP contribution is -2.16. The zero-order valence-electron chi connectivity index (χ0n) is 6.60. The molecule has 0 radical (unpaired) electrons. The number of rotatable bonds is 2. The number of amides is 1. The van der Waals surface area contributed by atoms with E-state index in [2.05, 4.69) is 4.98 Å². The molecule has 0 aliphatic rings. The topological polar surface area (TPSA) is 56.0 Å². The van der Waals surface area contributed by atoms with E-state index >= 15 is 0 Å². The van der Waals surface area contributed by atoms with Gasteiger partial charge in [-0.15, -0.1) is 0 Å². The number of hydrogen-bond acceptors (Lipinski definition) is 2. The molecule has 14 heavy (non-hydrogen) atoms. The van der Waals surface area contributed by atoms with Gasteiger partial charge in [0.15, 0.2) is 0 Å². The number of nitrogens with zero attached hydrogens (tertiary/aromatic N) is 1. The minimum atomic E-state index is -2.79. The second-order valence-corrected chi connectivity index (χ2v) is 4.54. The number of carbonyl (C=O) groups is 1. The van der Waals surface area contributed by atoms with Gasteiger partial charge in [-0.3, -0.25) is 4.79 Å². The first-order valence-electron chi connectivity index (χ1n) is 3.37. The molecule has 0 spiro atoms. The third-order valence-electron chi connectivity index (χ3n) is 1.43. The molecular formula is C7H4F2I2N2O. The average molecular weight is 424 g/mol. The van der Waals surface area contributed by atoms with E-state index < -0.39 is 18.0 Å². The van der Waals surface area contributed by atoms with Crippen molar-refractivity contribution in [1.82, 2.24) is 4.98 Å². The monoisotopic (exact) mass is 424 g/mol. The number of alkyl halides is 2. The Morgan fingerprint density at radius 3 is 2.50 bits per heavy atom. The standard InChI is InChI=1S/C7H4F2I2N2O/c8-5(9)4-2(7(12)14)1-3(10)6(11)13-4/h1,5H,(H2,12,14). The molecule has 3 nitrogen and oxygen atoms in total. The van der Waals surface area contributed by atoms with Crippen LogP contribution in [0.5, 0.6) is 0 Å². The maximum Gasteiger partial charge on any atom is 0.281 e. The van der Waals surface area contributed by atoms with Crippen molar-refractivity contribution in [2.45, 2.75) is 6.43 Å². The minimum absolute atomic E-state index is 0.218. The van der Waals surface area contributed by atoms with Gasteiger partial charge in [-0.05, 0) is 51.2 Å². The Labute approximate surface area is 106 Å². The van der Waals surface area contributed by atoms with Gasteiger partial charge in [0.1, 0.15) is 9.39 Å². The Balaban J connectivity index is 3.39. The zero-order chi connectivity index (χ0) is 10.9. The van der Waals surface area contributed by atoms with E-state index in [0.29, 0.717) is 7.27 Å². The molecule has 76 valence electrons. The first kappa shape index (κ1) is 12.0. The summed E-state index contributed by atoms with van der Waals surface area (Å²) in [6.07, 6.45) is -2.79. The summed E-state index contributed by atoms with van der Waals surface area (Å²) in [5, 5.41) is 0. The van der Waals surface area contributed by atoms with E-state index in [1.165, 1.54) is 6.07 Å². The molecule has 1 aromatic heterocycles. The van der Waals surface area contributed by atoms with Gasteiger partial charge in [-0.25, -0.2) is 13.8 Å². The Morgan fingerprint density at radius 1 is 1.50 bits per heavy atom. The molecule has 0 bridgehead atoms. The summed E-state index contributed by atoms with van der Waals surface area (Å²) in [7, 11) is 0. The van der Waals surface area contributed by atoms with Gasteiger partial charge in [-0.2, -0.15) is 0 Å². The largest absolute Gasteiger partial charge is 0.366 e. The summed E-state index contributed by atoms with van der Waals surface area (Å²) in [6, 6.07) is 1.32. The first-order valence-corrected chi connectivity index (χ1v) is 5.53. The van der Waals surface area contributed by atoms with Crippen LogP contribution in [-0.2, 0) is 0 Å². The number of pyridine rings is 1. The summed E-state index contributed by atoms with van der Waals surface area (Å²) >= 11 is 3.72. The molecule has 1 heterocycles. The number of nitrogens with two attached hydrogens (primary N) is 1. The maximum atomic E-state index is 12.4. The van der Waals surface area contributed by atoms with Crippen molar-refractivity contribution in [2.24, 2.45) is 5.73 Å². The zero-order valence-corrected chi connectivity index (χ0v) is 10.9. The molecule has 0 aliphatic carbocycles. The molecule has 0 fully saturated rings. The quantitative estimate of drug-likeness (QED) is 0.586. The van der Waals surface area contributed by atoms with E-state index in [0.717, 1.165) is 0 Å². The van der Waals surface area contributed by atoms with Crippen LogP contribution in [0.25, 0.3) is 0 Å². The SMILES string of the molecule is NC(=O)c1cc(I)c(I)nc1C(F)F. The smallest absolute Gasteiger partial charge is 0.281 e. The molecule has 0 atom stereocenters. The molecule has 7 heteroatoms. The van der Waals surface area contributed by atoms with Crippen LogP contribution in [0, 0.1) is 7.27 Å². The molecule has 1 amide bonds. The van der Waals surface area contributed by atoms with Crippen molar-refractivity contribution in [2.75, 3.05) is 0 Å². The Morgan fingerprint density at radius 2 is 2.07 bits per heavy atom. The Hall–Kier alpha value is -0.0600. The third-order valence-corrected chi connectivity index (χ3v) is 4.11. The highest BCUT2D eigenvalue weighted by molar-refractivity contribution is 14.1. The Bertz CT molecular complexity index is 384. The van der Waals surface area contributed by atoms with Crippen LogP contribution in [0.3, 0.4) is 0 Å². The Kier molecular flexibility index (Phi) is 3.98. The van der Waals surface area contributed by atoms with Crippen LogP contribution in [0.4, 0.5) is 8.78 Å². The predicted octanol–water partition coefficient (Wildman–Crippen LogP) is 2.33. The van der Waals surface area contributed by atoms with Crippen LogP contribution in [0.15, 0.2) is 6.07 Å². The molecular weight excluding hydrogens is 420 g/mol. The van der Waals surface area contributed by atoms with Gasteiger partial charge >= 0.3 is 0 Å². The fraction of sp³-hybridized carbons (Fsp3) is 0.143. The van der Waals surface area contributed by atoms with E-state index in [1.54, 1.807) is 0 Å². The molecule has 0 saturated carbocycles. The van der Waals surface area contributed by atoms with Crippen LogP contribution >= 0.6 is 45.2 Å². The summed E-state index contributed by atoms with van der Waals surface area (Å²) in [5.74, 6) is -0.887. The van der Waals surface area contributed by atoms with Gasteiger partial charge in [0.05, 0.1) is 5.56 Å². The third kappa shape index (κ3) is 2.49. The van der Waals surface area contributed by atoms with Gasteiger partial charge in [0, 0.05) is 3.57 Å². The van der Waals surface area contributed by atoms with E-state index in [4.69, 9.17) is 5.73 Å². The van der Waals surface area contributed by atoms with E-state index in [-0.39, 0.29) is 5.56 Å². The fourth-order valence-corrected chi connectivity index (χ4v) is 1.69. The number of halogens is 4. The molecule has 0 saturated heterocycles. The highest BCUT2D eigenvalue weighted by Gasteiger charge is 2.20. The second kappa shape index (κ2) is 4.64. The number of carbonyl (C=O) groups excluding carboxylic acids is 1. The molecule has 0 aliphatic heterocycles. The summed E-state index contributed by atoms with van der Waals surface area (Å²) < 4.78 is 25.9. The molecule has 1 rings (SSSR count). The minimum Gasteiger partial charge on any atom is -0.366 e. The second-order valence-electron chi connectivity index (χ2n) is 2.36. The normalized spacial score (nSPS) is 10.6. The summed E-state index contributed by atoms with van der Waals surface area (Å²) in [5.41, 5.74) is 4.18. The fourth-order valence-electron chi connectivity index (χ4n) is 0.843. The lowest BCUT2D eigenvalue weighted by Gasteiger charge is -2.06.